The number of β-amino-alcohol motifs (C(OH)–C–C–N with tert-alkyl or cyclic N) is 1. The van der Waals surface area contributed by atoms with E-state index in [-0.39, 0.29) is 11.8 Å². The van der Waals surface area contributed by atoms with Gasteiger partial charge in [0.25, 0.3) is 5.91 Å². The summed E-state index contributed by atoms with van der Waals surface area (Å²) >= 11 is 0. The molecule has 1 saturated heterocycles. The molecule has 4 N–H and O–H groups in total. The molecule has 3 rings (SSSR count). The number of anilines is 1. The van der Waals surface area contributed by atoms with Crippen molar-refractivity contribution in [2.45, 2.75) is 19.4 Å². The second kappa shape index (κ2) is 4.24. The molecular weight excluding hydrogens is 254 g/mol. The highest BCUT2D eigenvalue weighted by molar-refractivity contribution is 6.07. The van der Waals surface area contributed by atoms with Gasteiger partial charge in [-0.05, 0) is 24.1 Å². The van der Waals surface area contributed by atoms with Gasteiger partial charge in [-0.2, -0.15) is 0 Å². The van der Waals surface area contributed by atoms with E-state index in [1.807, 2.05) is 26.0 Å². The predicted molar refractivity (Wildman–Crippen MR) is 78.4 cm³/mol. The Kier molecular flexibility index (Phi) is 2.76. The first-order chi connectivity index (χ1) is 9.40. The summed E-state index contributed by atoms with van der Waals surface area (Å²) < 4.78 is 0. The van der Waals surface area contributed by atoms with Crippen molar-refractivity contribution in [3.63, 3.8) is 0 Å². The van der Waals surface area contributed by atoms with E-state index < -0.39 is 5.60 Å². The maximum Gasteiger partial charge on any atom is 0.256 e. The Morgan fingerprint density at radius 1 is 1.45 bits per heavy atom. The van der Waals surface area contributed by atoms with Crippen LogP contribution >= 0.6 is 0 Å². The molecule has 1 aromatic carbocycles. The van der Waals surface area contributed by atoms with Crippen molar-refractivity contribution in [1.82, 2.24) is 9.88 Å². The molecule has 2 heterocycles. The van der Waals surface area contributed by atoms with Gasteiger partial charge in [0.05, 0.1) is 18.7 Å². The summed E-state index contributed by atoms with van der Waals surface area (Å²) in [6.07, 6.45) is 1.71. The number of H-pyrrole nitrogens is 1. The van der Waals surface area contributed by atoms with E-state index in [0.717, 1.165) is 10.9 Å². The molecule has 1 aromatic heterocycles. The van der Waals surface area contributed by atoms with E-state index in [4.69, 9.17) is 5.73 Å². The number of carbonyl (C=O) groups is 1. The number of hydrogen-bond donors (Lipinski definition) is 3. The lowest BCUT2D eigenvalue weighted by Gasteiger charge is -2.49. The zero-order chi connectivity index (χ0) is 14.5. The lowest BCUT2D eigenvalue weighted by molar-refractivity contribution is -0.110. The van der Waals surface area contributed by atoms with Crippen LogP contribution in [-0.2, 0) is 0 Å². The number of likely N-dealkylation sites (tertiary alicyclic amines) is 1. The summed E-state index contributed by atoms with van der Waals surface area (Å²) in [6, 6.07) is 5.45. The van der Waals surface area contributed by atoms with Crippen molar-refractivity contribution >= 4 is 22.5 Å². The fourth-order valence-corrected chi connectivity index (χ4v) is 2.61. The Labute approximate surface area is 117 Å². The van der Waals surface area contributed by atoms with Crippen molar-refractivity contribution in [3.05, 3.63) is 30.0 Å². The minimum absolute atomic E-state index is 0.0497. The SMILES string of the molecule is CC(C)C1(O)CN(C(=O)c2c[nH]c3cc(N)ccc23)C1. The second-order valence-electron chi connectivity index (χ2n) is 5.93. The molecule has 0 spiro atoms. The van der Waals surface area contributed by atoms with Crippen LogP contribution in [0.3, 0.4) is 0 Å². The highest BCUT2D eigenvalue weighted by atomic mass is 16.3. The van der Waals surface area contributed by atoms with Gasteiger partial charge in [0.15, 0.2) is 0 Å². The highest BCUT2D eigenvalue weighted by Crippen LogP contribution is 2.31. The maximum atomic E-state index is 12.5. The van der Waals surface area contributed by atoms with Crippen molar-refractivity contribution in [2.24, 2.45) is 5.92 Å². The molecule has 20 heavy (non-hydrogen) atoms. The van der Waals surface area contributed by atoms with Gasteiger partial charge in [-0.15, -0.1) is 0 Å². The quantitative estimate of drug-likeness (QED) is 0.727. The number of nitrogens with two attached hydrogens (primary N) is 1. The second-order valence-corrected chi connectivity index (χ2v) is 5.93. The van der Waals surface area contributed by atoms with E-state index in [2.05, 4.69) is 4.98 Å². The van der Waals surface area contributed by atoms with Crippen LogP contribution in [0.2, 0.25) is 0 Å². The molecule has 0 radical (unpaired) electrons. The summed E-state index contributed by atoms with van der Waals surface area (Å²) in [6.45, 7) is 4.73. The minimum atomic E-state index is -0.744. The lowest BCUT2D eigenvalue weighted by atomic mass is 9.82. The summed E-state index contributed by atoms with van der Waals surface area (Å²) in [5.41, 5.74) is 7.13. The molecule has 0 unspecified atom stereocenters. The highest BCUT2D eigenvalue weighted by Gasteiger charge is 2.46. The molecule has 0 saturated carbocycles. The van der Waals surface area contributed by atoms with E-state index in [0.29, 0.717) is 24.3 Å². The number of aromatic nitrogens is 1. The van der Waals surface area contributed by atoms with Crippen LogP contribution in [0.15, 0.2) is 24.4 Å². The minimum Gasteiger partial charge on any atom is -0.399 e. The molecule has 106 valence electrons. The largest absolute Gasteiger partial charge is 0.399 e. The predicted octanol–water partition coefficient (Wildman–Crippen LogP) is 1.59. The molecule has 5 heteroatoms. The fraction of sp³-hybridized carbons (Fsp3) is 0.400. The number of hydrogen-bond acceptors (Lipinski definition) is 3. The van der Waals surface area contributed by atoms with Crippen LogP contribution in [0.5, 0.6) is 0 Å². The molecule has 2 aromatic rings. The number of nitrogens with zero attached hydrogens (tertiary/aromatic N) is 1. The number of rotatable bonds is 2. The van der Waals surface area contributed by atoms with Gasteiger partial charge in [0, 0.05) is 22.8 Å². The molecule has 1 amide bonds. The van der Waals surface area contributed by atoms with Crippen LogP contribution in [0.1, 0.15) is 24.2 Å². The Morgan fingerprint density at radius 2 is 2.15 bits per heavy atom. The maximum absolute atomic E-state index is 12.5. The van der Waals surface area contributed by atoms with Crippen molar-refractivity contribution in [2.75, 3.05) is 18.8 Å². The lowest BCUT2D eigenvalue weighted by Crippen LogP contribution is -2.65. The number of nitrogens with one attached hydrogen (secondary N) is 1. The van der Waals surface area contributed by atoms with Crippen LogP contribution in [0.25, 0.3) is 10.9 Å². The number of fused-ring (bicyclic) bond motifs is 1. The first-order valence-corrected chi connectivity index (χ1v) is 6.79. The van der Waals surface area contributed by atoms with Gasteiger partial charge >= 0.3 is 0 Å². The van der Waals surface area contributed by atoms with Crippen molar-refractivity contribution in [3.8, 4) is 0 Å². The zero-order valence-electron chi connectivity index (χ0n) is 11.7. The van der Waals surface area contributed by atoms with Gasteiger partial charge < -0.3 is 20.7 Å². The molecule has 0 atom stereocenters. The van der Waals surface area contributed by atoms with Gasteiger partial charge in [-0.1, -0.05) is 13.8 Å². The Morgan fingerprint density at radius 3 is 2.80 bits per heavy atom. The van der Waals surface area contributed by atoms with E-state index in [1.54, 1.807) is 17.2 Å². The molecule has 1 aliphatic heterocycles. The monoisotopic (exact) mass is 273 g/mol. The number of aliphatic hydroxyl groups is 1. The summed E-state index contributed by atoms with van der Waals surface area (Å²) in [5.74, 6) is 0.0978. The summed E-state index contributed by atoms with van der Waals surface area (Å²) in [5, 5.41) is 11.1. The third kappa shape index (κ3) is 1.86. The standard InChI is InChI=1S/C15H19N3O2/c1-9(2)15(20)7-18(8-15)14(19)12-6-17-13-5-10(16)3-4-11(12)13/h3-6,9,17,20H,7-8,16H2,1-2H3. The smallest absolute Gasteiger partial charge is 0.256 e. The van der Waals surface area contributed by atoms with Crippen molar-refractivity contribution in [1.29, 1.82) is 0 Å². The Balaban J connectivity index is 1.84. The van der Waals surface area contributed by atoms with Crippen LogP contribution in [0, 0.1) is 5.92 Å². The summed E-state index contributed by atoms with van der Waals surface area (Å²) in [4.78, 5) is 17.2. The van der Waals surface area contributed by atoms with E-state index in [1.165, 1.54) is 0 Å². The van der Waals surface area contributed by atoms with Gasteiger partial charge in [-0.25, -0.2) is 0 Å². The van der Waals surface area contributed by atoms with Crippen LogP contribution in [0.4, 0.5) is 5.69 Å². The molecule has 5 nitrogen and oxygen atoms in total. The first kappa shape index (κ1) is 13.0. The Hall–Kier alpha value is -2.01. The van der Waals surface area contributed by atoms with Crippen LogP contribution in [-0.4, -0.2) is 39.6 Å². The topological polar surface area (TPSA) is 82.3 Å². The van der Waals surface area contributed by atoms with Gasteiger partial charge in [-0.3, -0.25) is 4.79 Å². The normalized spacial score (nSPS) is 17.5. The van der Waals surface area contributed by atoms with Gasteiger partial charge in [0.2, 0.25) is 0 Å². The number of amides is 1. The first-order valence-electron chi connectivity index (χ1n) is 6.79. The number of carbonyl (C=O) groups excluding carboxylic acids is 1. The third-order valence-electron chi connectivity index (χ3n) is 4.23. The summed E-state index contributed by atoms with van der Waals surface area (Å²) in [7, 11) is 0. The molecular formula is C15H19N3O2. The van der Waals surface area contributed by atoms with Crippen molar-refractivity contribution < 1.29 is 9.90 Å². The zero-order valence-corrected chi connectivity index (χ0v) is 11.7. The number of aromatic amines is 1. The molecule has 1 aliphatic rings. The fourth-order valence-electron chi connectivity index (χ4n) is 2.61. The molecule has 0 aliphatic carbocycles. The molecule has 1 fully saturated rings. The van der Waals surface area contributed by atoms with Gasteiger partial charge in [0.1, 0.15) is 5.60 Å². The number of nitrogen functional groups attached to an aromatic ring is 1. The van der Waals surface area contributed by atoms with Crippen LogP contribution < -0.4 is 5.73 Å². The average molecular weight is 273 g/mol. The van der Waals surface area contributed by atoms with E-state index in [9.17, 15) is 9.90 Å². The van der Waals surface area contributed by atoms with E-state index >= 15 is 0 Å². The average Bonchev–Trinajstić information content (AvgIpc) is 2.76. The Bertz CT molecular complexity index is 669. The third-order valence-corrected chi connectivity index (χ3v) is 4.23. The number of benzene rings is 1. The molecule has 0 bridgehead atoms.